The molecule has 0 radical (unpaired) electrons. The predicted molar refractivity (Wildman–Crippen MR) is 128 cm³/mol. The summed E-state index contributed by atoms with van der Waals surface area (Å²) in [5.74, 6) is 0.0565. The number of carbonyl (C=O) groups is 4. The highest BCUT2D eigenvalue weighted by Crippen LogP contribution is 2.36. The lowest BCUT2D eigenvalue weighted by Gasteiger charge is -2.17. The maximum Gasteiger partial charge on any atom is 0.293 e. The van der Waals surface area contributed by atoms with Gasteiger partial charge in [0.2, 0.25) is 18.6 Å². The van der Waals surface area contributed by atoms with Crippen molar-refractivity contribution in [1.29, 1.82) is 0 Å². The summed E-state index contributed by atoms with van der Waals surface area (Å²) in [6, 6.07) is 14.9. The van der Waals surface area contributed by atoms with Crippen LogP contribution in [-0.2, 0) is 20.9 Å². The van der Waals surface area contributed by atoms with Gasteiger partial charge in [-0.3, -0.25) is 24.1 Å². The first kappa shape index (κ1) is 23.0. The van der Waals surface area contributed by atoms with Crippen LogP contribution in [0.3, 0.4) is 0 Å². The average molecular weight is 494 g/mol. The molecule has 0 aromatic heterocycles. The molecule has 2 aromatic carbocycles. The van der Waals surface area contributed by atoms with E-state index in [-0.39, 0.29) is 43.4 Å². The van der Waals surface area contributed by atoms with Crippen LogP contribution in [0.1, 0.15) is 17.5 Å². The summed E-state index contributed by atoms with van der Waals surface area (Å²) in [7, 11) is 0. The fourth-order valence-electron chi connectivity index (χ4n) is 4.19. The van der Waals surface area contributed by atoms with E-state index in [1.54, 1.807) is 29.2 Å². The van der Waals surface area contributed by atoms with E-state index in [4.69, 9.17) is 9.47 Å². The van der Waals surface area contributed by atoms with Crippen molar-refractivity contribution in [3.8, 4) is 11.5 Å². The number of fused-ring (bicyclic) bond motifs is 1. The number of rotatable bonds is 7. The average Bonchev–Trinajstić information content (AvgIpc) is 3.54. The summed E-state index contributed by atoms with van der Waals surface area (Å²) in [5.41, 5.74) is 1.73. The third kappa shape index (κ3) is 5.02. The molecular weight excluding hydrogens is 470 g/mol. The van der Waals surface area contributed by atoms with Crippen LogP contribution in [0.25, 0.3) is 6.08 Å². The van der Waals surface area contributed by atoms with Gasteiger partial charge in [0.1, 0.15) is 0 Å². The van der Waals surface area contributed by atoms with Crippen LogP contribution >= 0.6 is 11.8 Å². The summed E-state index contributed by atoms with van der Waals surface area (Å²) in [6.45, 7) is 1.15. The van der Waals surface area contributed by atoms with Crippen LogP contribution in [0, 0.1) is 5.92 Å². The first-order chi connectivity index (χ1) is 17.0. The maximum atomic E-state index is 12.7. The van der Waals surface area contributed by atoms with Crippen LogP contribution < -0.4 is 14.8 Å². The smallest absolute Gasteiger partial charge is 0.293 e. The van der Waals surface area contributed by atoms with Crippen molar-refractivity contribution >= 4 is 40.8 Å². The van der Waals surface area contributed by atoms with Crippen molar-refractivity contribution in [3.63, 3.8) is 0 Å². The molecule has 1 unspecified atom stereocenters. The molecule has 1 N–H and O–H groups in total. The second-order valence-electron chi connectivity index (χ2n) is 8.40. The zero-order chi connectivity index (χ0) is 24.4. The van der Waals surface area contributed by atoms with E-state index in [2.05, 4.69) is 5.32 Å². The molecule has 0 aliphatic carbocycles. The zero-order valence-corrected chi connectivity index (χ0v) is 19.6. The first-order valence-corrected chi connectivity index (χ1v) is 12.0. The van der Waals surface area contributed by atoms with Gasteiger partial charge < -0.3 is 19.7 Å². The summed E-state index contributed by atoms with van der Waals surface area (Å²) < 4.78 is 10.6. The van der Waals surface area contributed by atoms with E-state index < -0.39 is 11.8 Å². The summed E-state index contributed by atoms with van der Waals surface area (Å²) >= 11 is 0.858. The van der Waals surface area contributed by atoms with Crippen molar-refractivity contribution in [1.82, 2.24) is 15.1 Å². The highest BCUT2D eigenvalue weighted by atomic mass is 32.2. The fraction of sp³-hybridized carbons (Fsp3) is 0.280. The Balaban J connectivity index is 1.12. The second-order valence-corrected chi connectivity index (χ2v) is 9.39. The monoisotopic (exact) mass is 493 g/mol. The summed E-state index contributed by atoms with van der Waals surface area (Å²) in [5, 5.41) is 2.38. The van der Waals surface area contributed by atoms with E-state index in [1.165, 1.54) is 0 Å². The number of imide groups is 1. The number of benzene rings is 2. The van der Waals surface area contributed by atoms with E-state index in [0.29, 0.717) is 29.5 Å². The normalized spacial score (nSPS) is 20.3. The minimum absolute atomic E-state index is 0.0588. The fourth-order valence-corrected chi connectivity index (χ4v) is 5.05. The van der Waals surface area contributed by atoms with Crippen molar-refractivity contribution in [2.45, 2.75) is 13.0 Å². The molecule has 2 saturated heterocycles. The summed E-state index contributed by atoms with van der Waals surface area (Å²) in [6.07, 6.45) is 1.79. The maximum absolute atomic E-state index is 12.7. The molecular formula is C25H23N3O6S. The minimum Gasteiger partial charge on any atom is -0.454 e. The second kappa shape index (κ2) is 9.83. The molecule has 2 aromatic rings. The molecule has 4 amide bonds. The Morgan fingerprint density at radius 2 is 1.89 bits per heavy atom. The number of hydrogen-bond donors (Lipinski definition) is 1. The Hall–Kier alpha value is -3.79. The molecule has 0 spiro atoms. The van der Waals surface area contributed by atoms with Gasteiger partial charge in [-0.05, 0) is 41.1 Å². The first-order valence-electron chi connectivity index (χ1n) is 11.2. The van der Waals surface area contributed by atoms with Crippen LogP contribution in [-0.4, -0.2) is 59.2 Å². The molecule has 180 valence electrons. The Labute approximate surface area is 206 Å². The van der Waals surface area contributed by atoms with Gasteiger partial charge >= 0.3 is 0 Å². The highest BCUT2D eigenvalue weighted by molar-refractivity contribution is 8.18. The van der Waals surface area contributed by atoms with Crippen molar-refractivity contribution in [3.05, 3.63) is 64.6 Å². The number of likely N-dealkylation sites (tertiary alicyclic amines) is 1. The third-order valence-electron chi connectivity index (χ3n) is 6.00. The van der Waals surface area contributed by atoms with Gasteiger partial charge in [-0.2, -0.15) is 0 Å². The number of hydrogen-bond acceptors (Lipinski definition) is 7. The molecule has 0 saturated carbocycles. The van der Waals surface area contributed by atoms with Gasteiger partial charge in [-0.15, -0.1) is 0 Å². The SMILES string of the molecule is O=C(NCCN1C(=O)S/C(=C\c2ccc3c(c2)OCO3)C1=O)C1CC(=O)N(Cc2ccccc2)C1. The molecule has 10 heteroatoms. The zero-order valence-electron chi connectivity index (χ0n) is 18.8. The largest absolute Gasteiger partial charge is 0.454 e. The highest BCUT2D eigenvalue weighted by Gasteiger charge is 2.36. The standard InChI is InChI=1S/C25H23N3O6S/c29-22-12-18(14-27(22)13-16-4-2-1-3-5-16)23(30)26-8-9-28-24(31)21(35-25(28)32)11-17-6-7-19-20(10-17)34-15-33-19/h1-7,10-11,18H,8-9,12-15H2,(H,26,30)/b21-11-. The predicted octanol–water partition coefficient (Wildman–Crippen LogP) is 2.62. The molecule has 3 aliphatic rings. The van der Waals surface area contributed by atoms with Crippen LogP contribution in [0.15, 0.2) is 53.4 Å². The number of thioether (sulfide) groups is 1. The van der Waals surface area contributed by atoms with Crippen LogP contribution in [0.2, 0.25) is 0 Å². The minimum atomic E-state index is -0.452. The van der Waals surface area contributed by atoms with Crippen LogP contribution in [0.4, 0.5) is 4.79 Å². The van der Waals surface area contributed by atoms with E-state index in [0.717, 1.165) is 27.8 Å². The van der Waals surface area contributed by atoms with Crippen molar-refractivity contribution in [2.75, 3.05) is 26.4 Å². The molecule has 9 nitrogen and oxygen atoms in total. The number of nitrogens with zero attached hydrogens (tertiary/aromatic N) is 2. The van der Waals surface area contributed by atoms with Crippen molar-refractivity contribution < 1.29 is 28.7 Å². The summed E-state index contributed by atoms with van der Waals surface area (Å²) in [4.78, 5) is 53.2. The van der Waals surface area contributed by atoms with E-state index in [9.17, 15) is 19.2 Å². The Kier molecular flexibility index (Phi) is 6.45. The van der Waals surface area contributed by atoms with Gasteiger partial charge in [0.15, 0.2) is 11.5 Å². The van der Waals surface area contributed by atoms with Gasteiger partial charge in [-0.25, -0.2) is 0 Å². The Morgan fingerprint density at radius 1 is 1.09 bits per heavy atom. The third-order valence-corrected chi connectivity index (χ3v) is 6.91. The topological polar surface area (TPSA) is 105 Å². The van der Waals surface area contributed by atoms with Crippen molar-refractivity contribution in [2.24, 2.45) is 5.92 Å². The molecule has 0 bridgehead atoms. The Bertz CT molecular complexity index is 1210. The number of amides is 4. The lowest BCUT2D eigenvalue weighted by Crippen LogP contribution is -2.40. The van der Waals surface area contributed by atoms with Crippen LogP contribution in [0.5, 0.6) is 11.5 Å². The Morgan fingerprint density at radius 3 is 2.71 bits per heavy atom. The lowest BCUT2D eigenvalue weighted by molar-refractivity contribution is -0.129. The number of nitrogens with one attached hydrogen (secondary N) is 1. The quantitative estimate of drug-likeness (QED) is 0.591. The molecule has 3 heterocycles. The van der Waals surface area contributed by atoms with Gasteiger partial charge in [-0.1, -0.05) is 36.4 Å². The molecule has 2 fully saturated rings. The molecule has 35 heavy (non-hydrogen) atoms. The molecule has 3 aliphatic heterocycles. The number of ether oxygens (including phenoxy) is 2. The molecule has 5 rings (SSSR count). The number of carbonyl (C=O) groups excluding carboxylic acids is 4. The van der Waals surface area contributed by atoms with Gasteiger partial charge in [0.05, 0.1) is 10.8 Å². The van der Waals surface area contributed by atoms with E-state index in [1.807, 2.05) is 30.3 Å². The van der Waals surface area contributed by atoms with Gasteiger partial charge in [0.25, 0.3) is 11.1 Å². The lowest BCUT2D eigenvalue weighted by atomic mass is 10.1. The van der Waals surface area contributed by atoms with Gasteiger partial charge in [0, 0.05) is 32.6 Å². The van der Waals surface area contributed by atoms with E-state index >= 15 is 0 Å². The molecule has 1 atom stereocenters.